The van der Waals surface area contributed by atoms with E-state index in [9.17, 15) is 14.4 Å². The Kier molecular flexibility index (Phi) is 10.1. The van der Waals surface area contributed by atoms with Crippen LogP contribution in [0.15, 0.2) is 36.4 Å². The molecule has 1 N–H and O–H groups in total. The van der Waals surface area contributed by atoms with Crippen LogP contribution in [0.25, 0.3) is 0 Å². The smallest absolute Gasteiger partial charge is 0.253 e. The molecule has 6 nitrogen and oxygen atoms in total. The fourth-order valence-electron chi connectivity index (χ4n) is 7.24. The average molecular weight is 560 g/mol. The molecule has 3 aliphatic rings. The van der Waals surface area contributed by atoms with Crippen LogP contribution in [0.3, 0.4) is 0 Å². The van der Waals surface area contributed by atoms with E-state index < -0.39 is 0 Å². The predicted molar refractivity (Wildman–Crippen MR) is 162 cm³/mol. The standard InChI is InChI=1S/C34H46FN5O/c1-37-16-14-30-8-5-6-17-40(30)31-23-39(24-31)18-15-28(26-10-12-29(35)13-11-26)22-38(2)34(41)33-20-25(21-36)19-27-7-3-4-9-32(27)33/h10-13,19-20,28,30-31,37H,3-9,14-18,22-24H2,1-2H3/t28-,30?/m1/s1. The van der Waals surface area contributed by atoms with E-state index >= 15 is 0 Å². The van der Waals surface area contributed by atoms with Crippen molar-refractivity contribution in [2.24, 2.45) is 0 Å². The van der Waals surface area contributed by atoms with Crippen LogP contribution in [0, 0.1) is 17.1 Å². The largest absolute Gasteiger partial charge is 0.341 e. The number of carbonyl (C=O) groups is 1. The summed E-state index contributed by atoms with van der Waals surface area (Å²) in [5, 5.41) is 12.9. The highest BCUT2D eigenvalue weighted by Gasteiger charge is 2.36. The maximum absolute atomic E-state index is 13.8. The van der Waals surface area contributed by atoms with E-state index in [1.54, 1.807) is 6.07 Å². The van der Waals surface area contributed by atoms with Gasteiger partial charge in [0.2, 0.25) is 0 Å². The molecular weight excluding hydrogens is 513 g/mol. The molecule has 41 heavy (non-hydrogen) atoms. The van der Waals surface area contributed by atoms with Crippen molar-refractivity contribution in [1.29, 1.82) is 5.26 Å². The summed E-state index contributed by atoms with van der Waals surface area (Å²) in [5.74, 6) is -0.150. The van der Waals surface area contributed by atoms with Gasteiger partial charge in [0, 0.05) is 50.2 Å². The minimum Gasteiger partial charge on any atom is -0.341 e. The molecule has 220 valence electrons. The summed E-state index contributed by atoms with van der Waals surface area (Å²) in [6.07, 6.45) is 10.1. The minimum atomic E-state index is -0.239. The Labute approximate surface area is 245 Å². The topological polar surface area (TPSA) is 62.6 Å². The molecule has 2 fully saturated rings. The first-order valence-electron chi connectivity index (χ1n) is 15.7. The van der Waals surface area contributed by atoms with Gasteiger partial charge in [-0.15, -0.1) is 0 Å². The van der Waals surface area contributed by atoms with Gasteiger partial charge >= 0.3 is 0 Å². The number of nitrogens with zero attached hydrogens (tertiary/aromatic N) is 4. The number of amides is 1. The Balaban J connectivity index is 1.23. The van der Waals surface area contributed by atoms with Gasteiger partial charge in [-0.2, -0.15) is 5.26 Å². The summed E-state index contributed by atoms with van der Waals surface area (Å²) in [6.45, 7) is 6.03. The van der Waals surface area contributed by atoms with Gasteiger partial charge in [0.15, 0.2) is 0 Å². The third kappa shape index (κ3) is 7.17. The number of nitriles is 1. The maximum atomic E-state index is 13.8. The zero-order valence-electron chi connectivity index (χ0n) is 24.9. The average Bonchev–Trinajstić information content (AvgIpc) is 2.98. The van der Waals surface area contributed by atoms with Crippen LogP contribution in [0.2, 0.25) is 0 Å². The van der Waals surface area contributed by atoms with Gasteiger partial charge in [-0.25, -0.2) is 4.39 Å². The second kappa shape index (κ2) is 13.9. The molecule has 5 rings (SSSR count). The minimum absolute atomic E-state index is 0.0194. The Morgan fingerprint density at radius 2 is 1.93 bits per heavy atom. The Morgan fingerprint density at radius 3 is 2.68 bits per heavy atom. The van der Waals surface area contributed by atoms with Crippen LogP contribution in [0.1, 0.15) is 83.5 Å². The van der Waals surface area contributed by atoms with Gasteiger partial charge in [0.05, 0.1) is 11.6 Å². The van der Waals surface area contributed by atoms with Gasteiger partial charge < -0.3 is 15.1 Å². The molecule has 2 atom stereocenters. The molecule has 7 heteroatoms. The van der Waals surface area contributed by atoms with Crippen LogP contribution >= 0.6 is 0 Å². The summed E-state index contributed by atoms with van der Waals surface area (Å²) >= 11 is 0. The molecule has 0 saturated carbocycles. The van der Waals surface area contributed by atoms with Gasteiger partial charge in [-0.3, -0.25) is 9.69 Å². The third-order valence-corrected chi connectivity index (χ3v) is 9.61. The van der Waals surface area contributed by atoms with E-state index in [0.29, 0.717) is 29.8 Å². The summed E-state index contributed by atoms with van der Waals surface area (Å²) < 4.78 is 13.8. The lowest BCUT2D eigenvalue weighted by Gasteiger charge is -2.50. The summed E-state index contributed by atoms with van der Waals surface area (Å²) in [6, 6.07) is 14.1. The maximum Gasteiger partial charge on any atom is 0.253 e. The molecule has 0 bridgehead atoms. The van der Waals surface area contributed by atoms with Crippen LogP contribution in [0.4, 0.5) is 4.39 Å². The number of aryl methyl sites for hydroxylation is 1. The lowest BCUT2D eigenvalue weighted by Crippen LogP contribution is -2.63. The first kappa shape index (κ1) is 29.7. The van der Waals surface area contributed by atoms with Gasteiger partial charge in [0.25, 0.3) is 5.91 Å². The normalized spacial score (nSPS) is 20.6. The van der Waals surface area contributed by atoms with Gasteiger partial charge in [-0.05, 0) is 119 Å². The molecule has 2 aromatic rings. The fourth-order valence-corrected chi connectivity index (χ4v) is 7.24. The highest BCUT2D eigenvalue weighted by atomic mass is 19.1. The van der Waals surface area contributed by atoms with E-state index in [4.69, 9.17) is 0 Å². The van der Waals surface area contributed by atoms with Gasteiger partial charge in [-0.1, -0.05) is 18.6 Å². The van der Waals surface area contributed by atoms with Crippen molar-refractivity contribution in [2.75, 3.05) is 53.4 Å². The van der Waals surface area contributed by atoms with Crippen molar-refractivity contribution in [3.63, 3.8) is 0 Å². The van der Waals surface area contributed by atoms with Crippen molar-refractivity contribution >= 4 is 5.91 Å². The number of rotatable bonds is 11. The number of benzene rings is 2. The Hall–Kier alpha value is -2.79. The number of hydrogen-bond donors (Lipinski definition) is 1. The third-order valence-electron chi connectivity index (χ3n) is 9.61. The van der Waals surface area contributed by atoms with E-state index in [-0.39, 0.29) is 17.6 Å². The number of halogens is 1. The van der Waals surface area contributed by atoms with E-state index in [1.807, 2.05) is 37.2 Å². The lowest BCUT2D eigenvalue weighted by molar-refractivity contribution is -0.0105. The van der Waals surface area contributed by atoms with Crippen molar-refractivity contribution in [1.82, 2.24) is 20.0 Å². The molecule has 0 aromatic heterocycles. The van der Waals surface area contributed by atoms with E-state index in [0.717, 1.165) is 75.0 Å². The number of nitrogens with one attached hydrogen (secondary N) is 1. The van der Waals surface area contributed by atoms with Crippen molar-refractivity contribution in [2.45, 2.75) is 75.8 Å². The highest BCUT2D eigenvalue weighted by molar-refractivity contribution is 5.96. The fraction of sp³-hybridized carbons (Fsp3) is 0.588. The van der Waals surface area contributed by atoms with Crippen molar-refractivity contribution in [3.8, 4) is 6.07 Å². The molecule has 0 radical (unpaired) electrons. The first-order valence-corrected chi connectivity index (χ1v) is 15.7. The zero-order chi connectivity index (χ0) is 28.8. The molecule has 2 aromatic carbocycles. The monoisotopic (exact) mass is 559 g/mol. The molecule has 0 spiro atoms. The number of fused-ring (bicyclic) bond motifs is 1. The zero-order valence-corrected chi connectivity index (χ0v) is 24.9. The quantitative estimate of drug-likeness (QED) is 0.421. The molecule has 2 saturated heterocycles. The van der Waals surface area contributed by atoms with Crippen molar-refractivity contribution in [3.05, 3.63) is 70.0 Å². The SMILES string of the molecule is CNCCC1CCCCN1C1CN(CC[C@H](CN(C)C(=O)c2cc(C#N)cc3c2CCCC3)c2ccc(F)cc2)C1. The summed E-state index contributed by atoms with van der Waals surface area (Å²) in [4.78, 5) is 20.9. The van der Waals surface area contributed by atoms with E-state index in [1.165, 1.54) is 44.4 Å². The van der Waals surface area contributed by atoms with Crippen molar-refractivity contribution < 1.29 is 9.18 Å². The summed E-state index contributed by atoms with van der Waals surface area (Å²) in [5.41, 5.74) is 4.57. The van der Waals surface area contributed by atoms with Gasteiger partial charge in [0.1, 0.15) is 5.82 Å². The molecule has 1 amide bonds. The highest BCUT2D eigenvalue weighted by Crippen LogP contribution is 2.30. The second-order valence-electron chi connectivity index (χ2n) is 12.4. The number of hydrogen-bond acceptors (Lipinski definition) is 5. The number of piperidine rings is 1. The Morgan fingerprint density at radius 1 is 1.15 bits per heavy atom. The number of likely N-dealkylation sites (tertiary alicyclic amines) is 2. The Bertz CT molecular complexity index is 1220. The van der Waals surface area contributed by atoms with E-state index in [2.05, 4.69) is 21.2 Å². The first-order chi connectivity index (χ1) is 20.0. The number of likely N-dealkylation sites (N-methyl/N-ethyl adjacent to an activating group) is 1. The number of carbonyl (C=O) groups excluding carboxylic acids is 1. The van der Waals surface area contributed by atoms with Crippen LogP contribution in [-0.4, -0.2) is 86.1 Å². The summed E-state index contributed by atoms with van der Waals surface area (Å²) in [7, 11) is 3.91. The van der Waals surface area contributed by atoms with Crippen LogP contribution in [-0.2, 0) is 12.8 Å². The second-order valence-corrected chi connectivity index (χ2v) is 12.4. The molecule has 2 heterocycles. The van der Waals surface area contributed by atoms with Crippen LogP contribution < -0.4 is 5.32 Å². The molecule has 1 unspecified atom stereocenters. The molecule has 2 aliphatic heterocycles. The van der Waals surface area contributed by atoms with Crippen LogP contribution in [0.5, 0.6) is 0 Å². The predicted octanol–water partition coefficient (Wildman–Crippen LogP) is 4.97. The molecular formula is C34H46FN5O. The lowest BCUT2D eigenvalue weighted by atomic mass is 9.86. The molecule has 1 aliphatic carbocycles.